The van der Waals surface area contributed by atoms with Crippen molar-refractivity contribution in [1.29, 1.82) is 0 Å². The minimum atomic E-state index is -0.672. The molecular formula is C15H21FO3. The fourth-order valence-corrected chi connectivity index (χ4v) is 2.39. The van der Waals surface area contributed by atoms with Crippen LogP contribution in [0.15, 0.2) is 18.2 Å². The molecule has 0 spiro atoms. The van der Waals surface area contributed by atoms with Gasteiger partial charge >= 0.3 is 0 Å². The second-order valence-electron chi connectivity index (χ2n) is 4.96. The van der Waals surface area contributed by atoms with Crippen LogP contribution < -0.4 is 4.74 Å². The molecule has 0 aromatic heterocycles. The zero-order valence-electron chi connectivity index (χ0n) is 11.4. The molecule has 106 valence electrons. The molecule has 2 unspecified atom stereocenters. The molecule has 0 amide bonds. The second kappa shape index (κ2) is 6.35. The molecule has 2 atom stereocenters. The van der Waals surface area contributed by atoms with Crippen LogP contribution in [0.5, 0.6) is 5.75 Å². The van der Waals surface area contributed by atoms with Gasteiger partial charge in [-0.25, -0.2) is 4.39 Å². The number of ether oxygens (including phenoxy) is 2. The van der Waals surface area contributed by atoms with Crippen LogP contribution in [0.25, 0.3) is 0 Å². The summed E-state index contributed by atoms with van der Waals surface area (Å²) >= 11 is 0. The molecule has 1 N–H and O–H groups in total. The highest BCUT2D eigenvalue weighted by Crippen LogP contribution is 2.36. The van der Waals surface area contributed by atoms with Crippen molar-refractivity contribution in [2.45, 2.75) is 38.4 Å². The van der Waals surface area contributed by atoms with E-state index in [0.29, 0.717) is 18.1 Å². The quantitative estimate of drug-likeness (QED) is 0.826. The molecular weight excluding hydrogens is 247 g/mol. The molecule has 1 aromatic rings. The molecule has 4 heteroatoms. The molecule has 0 aliphatic heterocycles. The van der Waals surface area contributed by atoms with E-state index in [1.165, 1.54) is 7.11 Å². The molecule has 0 saturated heterocycles. The molecule has 1 aliphatic carbocycles. The van der Waals surface area contributed by atoms with Crippen molar-refractivity contribution < 1.29 is 19.0 Å². The molecule has 0 radical (unpaired) electrons. The fraction of sp³-hybridized carbons (Fsp3) is 0.600. The first-order chi connectivity index (χ1) is 9.17. The summed E-state index contributed by atoms with van der Waals surface area (Å²) < 4.78 is 24.6. The largest absolute Gasteiger partial charge is 0.494 e. The summed E-state index contributed by atoms with van der Waals surface area (Å²) in [6, 6.07) is 4.99. The maximum atomic E-state index is 14.0. The van der Waals surface area contributed by atoms with Crippen molar-refractivity contribution in [2.24, 2.45) is 5.92 Å². The third-order valence-electron chi connectivity index (χ3n) is 3.52. The Bertz CT molecular complexity index is 418. The van der Waals surface area contributed by atoms with Gasteiger partial charge in [0.05, 0.1) is 19.3 Å². The fourth-order valence-electron chi connectivity index (χ4n) is 2.39. The van der Waals surface area contributed by atoms with Gasteiger partial charge < -0.3 is 14.6 Å². The predicted octanol–water partition coefficient (Wildman–Crippen LogP) is 2.55. The van der Waals surface area contributed by atoms with Crippen molar-refractivity contribution >= 4 is 0 Å². The lowest BCUT2D eigenvalue weighted by Gasteiger charge is -2.23. The Morgan fingerprint density at radius 1 is 1.42 bits per heavy atom. The summed E-state index contributed by atoms with van der Waals surface area (Å²) in [5.41, 5.74) is 0.470. The maximum absolute atomic E-state index is 14.0. The Morgan fingerprint density at radius 2 is 2.16 bits per heavy atom. The van der Waals surface area contributed by atoms with Crippen molar-refractivity contribution in [3.8, 4) is 5.75 Å². The van der Waals surface area contributed by atoms with Crippen molar-refractivity contribution in [1.82, 2.24) is 0 Å². The van der Waals surface area contributed by atoms with Gasteiger partial charge in [-0.1, -0.05) is 12.1 Å². The standard InChI is InChI=1S/C15H21FO3/c1-3-19-15(10-7-8-10)12(17)9-11-5-4-6-13(18-2)14(11)16/h4-6,10,12,15,17H,3,7-9H2,1-2H3. The topological polar surface area (TPSA) is 38.7 Å². The molecule has 3 nitrogen and oxygen atoms in total. The molecule has 1 aromatic carbocycles. The third kappa shape index (κ3) is 3.45. The average Bonchev–Trinajstić information content (AvgIpc) is 3.22. The van der Waals surface area contributed by atoms with Crippen LogP contribution in [0.4, 0.5) is 4.39 Å². The van der Waals surface area contributed by atoms with Gasteiger partial charge in [0.25, 0.3) is 0 Å². The van der Waals surface area contributed by atoms with E-state index < -0.39 is 11.9 Å². The van der Waals surface area contributed by atoms with Crippen molar-refractivity contribution in [3.63, 3.8) is 0 Å². The predicted molar refractivity (Wildman–Crippen MR) is 70.8 cm³/mol. The minimum Gasteiger partial charge on any atom is -0.494 e. The Labute approximate surface area is 113 Å². The summed E-state index contributed by atoms with van der Waals surface area (Å²) in [7, 11) is 1.44. The van der Waals surface area contributed by atoms with Crippen LogP contribution in [0.3, 0.4) is 0 Å². The molecule has 19 heavy (non-hydrogen) atoms. The minimum absolute atomic E-state index is 0.185. The molecule has 0 heterocycles. The van der Waals surface area contributed by atoms with Crippen LogP contribution >= 0.6 is 0 Å². The van der Waals surface area contributed by atoms with Gasteiger partial charge in [0.2, 0.25) is 0 Å². The molecule has 1 fully saturated rings. The molecule has 0 bridgehead atoms. The number of hydrogen-bond acceptors (Lipinski definition) is 3. The smallest absolute Gasteiger partial charge is 0.168 e. The Balaban J connectivity index is 2.06. The van der Waals surface area contributed by atoms with Gasteiger partial charge in [-0.05, 0) is 37.3 Å². The van der Waals surface area contributed by atoms with Crippen LogP contribution in [-0.4, -0.2) is 31.0 Å². The zero-order valence-corrected chi connectivity index (χ0v) is 11.4. The van der Waals surface area contributed by atoms with Gasteiger partial charge in [-0.3, -0.25) is 0 Å². The third-order valence-corrected chi connectivity index (χ3v) is 3.52. The van der Waals surface area contributed by atoms with E-state index in [1.807, 2.05) is 6.92 Å². The number of aliphatic hydroxyl groups excluding tert-OH is 1. The Morgan fingerprint density at radius 3 is 2.74 bits per heavy atom. The zero-order chi connectivity index (χ0) is 13.8. The first kappa shape index (κ1) is 14.3. The molecule has 1 aliphatic rings. The summed E-state index contributed by atoms with van der Waals surface area (Å²) in [6.07, 6.45) is 1.57. The van der Waals surface area contributed by atoms with Crippen LogP contribution in [0, 0.1) is 11.7 Å². The monoisotopic (exact) mass is 268 g/mol. The van der Waals surface area contributed by atoms with E-state index in [4.69, 9.17) is 9.47 Å². The maximum Gasteiger partial charge on any atom is 0.168 e. The lowest BCUT2D eigenvalue weighted by atomic mass is 10.00. The molecule has 2 rings (SSSR count). The van der Waals surface area contributed by atoms with Gasteiger partial charge in [-0.15, -0.1) is 0 Å². The Kier molecular flexibility index (Phi) is 4.77. The van der Waals surface area contributed by atoms with Gasteiger partial charge in [-0.2, -0.15) is 0 Å². The number of hydrogen-bond donors (Lipinski definition) is 1. The highest BCUT2D eigenvalue weighted by atomic mass is 19.1. The SMILES string of the molecule is CCOC(C(O)Cc1cccc(OC)c1F)C1CC1. The van der Waals surface area contributed by atoms with Crippen LogP contribution in [0.2, 0.25) is 0 Å². The highest BCUT2D eigenvalue weighted by Gasteiger charge is 2.36. The van der Waals surface area contributed by atoms with E-state index in [9.17, 15) is 9.50 Å². The van der Waals surface area contributed by atoms with Crippen LogP contribution in [0.1, 0.15) is 25.3 Å². The van der Waals surface area contributed by atoms with Gasteiger partial charge in [0.1, 0.15) is 0 Å². The Hall–Kier alpha value is -1.13. The van der Waals surface area contributed by atoms with E-state index >= 15 is 0 Å². The lowest BCUT2D eigenvalue weighted by molar-refractivity contribution is -0.0442. The number of rotatable bonds is 7. The van der Waals surface area contributed by atoms with Gasteiger partial charge in [0, 0.05) is 13.0 Å². The number of benzene rings is 1. The van der Waals surface area contributed by atoms with E-state index in [1.54, 1.807) is 18.2 Å². The van der Waals surface area contributed by atoms with Gasteiger partial charge in [0.15, 0.2) is 11.6 Å². The molecule has 1 saturated carbocycles. The van der Waals surface area contributed by atoms with E-state index in [0.717, 1.165) is 12.8 Å². The highest BCUT2D eigenvalue weighted by molar-refractivity contribution is 5.31. The second-order valence-corrected chi connectivity index (χ2v) is 4.96. The summed E-state index contributed by atoms with van der Waals surface area (Å²) in [5.74, 6) is 0.239. The number of aliphatic hydroxyl groups is 1. The summed E-state index contributed by atoms with van der Waals surface area (Å²) in [6.45, 7) is 2.48. The lowest BCUT2D eigenvalue weighted by Crippen LogP contribution is -2.33. The first-order valence-electron chi connectivity index (χ1n) is 6.78. The number of methoxy groups -OCH3 is 1. The van der Waals surface area contributed by atoms with E-state index in [-0.39, 0.29) is 18.3 Å². The van der Waals surface area contributed by atoms with Crippen molar-refractivity contribution in [3.05, 3.63) is 29.6 Å². The van der Waals surface area contributed by atoms with Crippen molar-refractivity contribution in [2.75, 3.05) is 13.7 Å². The number of halogens is 1. The summed E-state index contributed by atoms with van der Waals surface area (Å²) in [4.78, 5) is 0. The normalized spacial score (nSPS) is 18.1. The van der Waals surface area contributed by atoms with Crippen LogP contribution in [-0.2, 0) is 11.2 Å². The average molecular weight is 268 g/mol. The summed E-state index contributed by atoms with van der Waals surface area (Å²) in [5, 5.41) is 10.3. The van der Waals surface area contributed by atoms with E-state index in [2.05, 4.69) is 0 Å². The first-order valence-corrected chi connectivity index (χ1v) is 6.78.